The Labute approximate surface area is 154 Å². The Hall–Kier alpha value is -2.40. The molecule has 1 heterocycles. The molecule has 2 aromatic carbocycles. The molecule has 1 fully saturated rings. The number of carbonyl (C=O) groups excluding carboxylic acids is 1. The molecule has 0 radical (unpaired) electrons. The molecule has 26 heavy (non-hydrogen) atoms. The maximum absolute atomic E-state index is 13.9. The first kappa shape index (κ1) is 18.4. The molecule has 5 heteroatoms. The minimum atomic E-state index is -0.252. The molecule has 1 aliphatic rings. The van der Waals surface area contributed by atoms with Crippen LogP contribution in [0.4, 0.5) is 9.18 Å². The summed E-state index contributed by atoms with van der Waals surface area (Å²) in [7, 11) is 0. The first-order valence-electron chi connectivity index (χ1n) is 9.05. The zero-order chi connectivity index (χ0) is 18.4. The fraction of sp³-hybridized carbons (Fsp3) is 0.381. The summed E-state index contributed by atoms with van der Waals surface area (Å²) in [4.78, 5) is 14.1. The van der Waals surface area contributed by atoms with Gasteiger partial charge in [0.25, 0.3) is 0 Å². The lowest BCUT2D eigenvalue weighted by atomic mass is 9.95. The van der Waals surface area contributed by atoms with Gasteiger partial charge in [-0.15, -0.1) is 0 Å². The van der Waals surface area contributed by atoms with Crippen LogP contribution < -0.4 is 5.32 Å². The number of hydrogen-bond acceptors (Lipinski definition) is 2. The third-order valence-corrected chi connectivity index (χ3v) is 4.66. The van der Waals surface area contributed by atoms with Crippen molar-refractivity contribution in [2.24, 2.45) is 5.92 Å². The minimum Gasteiger partial charge on any atom is -0.376 e. The van der Waals surface area contributed by atoms with E-state index in [4.69, 9.17) is 4.74 Å². The number of likely N-dealkylation sites (tertiary alicyclic amines) is 1. The number of hydrogen-bond donors (Lipinski definition) is 1. The lowest BCUT2D eigenvalue weighted by molar-refractivity contribution is 0.0874. The number of urea groups is 1. The first-order valence-corrected chi connectivity index (χ1v) is 9.05. The molecule has 0 bridgehead atoms. The smallest absolute Gasteiger partial charge is 0.317 e. The molecule has 1 saturated heterocycles. The Morgan fingerprint density at radius 3 is 2.65 bits per heavy atom. The number of nitrogens with zero attached hydrogens (tertiary/aromatic N) is 1. The minimum absolute atomic E-state index is 0.139. The summed E-state index contributed by atoms with van der Waals surface area (Å²) < 4.78 is 19.6. The summed E-state index contributed by atoms with van der Waals surface area (Å²) in [6.07, 6.45) is 0.796. The van der Waals surface area contributed by atoms with Gasteiger partial charge in [0.05, 0.1) is 19.3 Å². The molecule has 1 N–H and O–H groups in total. The van der Waals surface area contributed by atoms with Gasteiger partial charge < -0.3 is 15.0 Å². The number of halogens is 1. The molecule has 0 saturated carbocycles. The van der Waals surface area contributed by atoms with Gasteiger partial charge in [0, 0.05) is 18.7 Å². The van der Waals surface area contributed by atoms with E-state index in [1.807, 2.05) is 37.3 Å². The first-order chi connectivity index (χ1) is 12.6. The molecule has 2 unspecified atom stereocenters. The number of carbonyl (C=O) groups is 1. The highest BCUT2D eigenvalue weighted by atomic mass is 19.1. The Morgan fingerprint density at radius 2 is 1.96 bits per heavy atom. The summed E-state index contributed by atoms with van der Waals surface area (Å²) in [5, 5.41) is 2.94. The maximum atomic E-state index is 13.9. The standard InChI is InChI=1S/C21H25FN2O2/c1-16(14-26-15-17-7-3-2-4-8-17)13-23-21(25)24-12-11-20(24)18-9-5-6-10-19(18)22/h2-10,16,20H,11-15H2,1H3,(H,23,25). The molecule has 138 valence electrons. The van der Waals surface area contributed by atoms with Crippen LogP contribution in [0.2, 0.25) is 0 Å². The summed E-state index contributed by atoms with van der Waals surface area (Å²) in [5.74, 6) is -0.0477. The summed E-state index contributed by atoms with van der Waals surface area (Å²) in [6.45, 7) is 4.38. The van der Waals surface area contributed by atoms with Crippen molar-refractivity contribution in [3.63, 3.8) is 0 Å². The van der Waals surface area contributed by atoms with Gasteiger partial charge >= 0.3 is 6.03 Å². The van der Waals surface area contributed by atoms with Gasteiger partial charge in [-0.25, -0.2) is 9.18 Å². The highest BCUT2D eigenvalue weighted by Crippen LogP contribution is 2.34. The molecule has 0 spiro atoms. The van der Waals surface area contributed by atoms with E-state index >= 15 is 0 Å². The Balaban J connectivity index is 1.40. The molecule has 1 aliphatic heterocycles. The Bertz CT molecular complexity index is 723. The zero-order valence-corrected chi connectivity index (χ0v) is 15.0. The predicted octanol–water partition coefficient (Wildman–Crippen LogP) is 4.14. The number of amides is 2. The van der Waals surface area contributed by atoms with Gasteiger partial charge in [0.1, 0.15) is 5.82 Å². The van der Waals surface area contributed by atoms with Crippen LogP contribution in [0.3, 0.4) is 0 Å². The van der Waals surface area contributed by atoms with Crippen molar-refractivity contribution < 1.29 is 13.9 Å². The zero-order valence-electron chi connectivity index (χ0n) is 15.0. The van der Waals surface area contributed by atoms with Crippen LogP contribution in [-0.4, -0.2) is 30.6 Å². The van der Waals surface area contributed by atoms with Crippen molar-refractivity contribution >= 4 is 6.03 Å². The van der Waals surface area contributed by atoms with Gasteiger partial charge in [-0.2, -0.15) is 0 Å². The van der Waals surface area contributed by atoms with E-state index in [9.17, 15) is 9.18 Å². The van der Waals surface area contributed by atoms with Crippen molar-refractivity contribution in [1.29, 1.82) is 0 Å². The number of nitrogens with one attached hydrogen (secondary N) is 1. The summed E-state index contributed by atoms with van der Waals surface area (Å²) in [5.41, 5.74) is 1.73. The molecule has 2 amide bonds. The van der Waals surface area contributed by atoms with Crippen LogP contribution in [0.15, 0.2) is 54.6 Å². The van der Waals surface area contributed by atoms with E-state index in [1.165, 1.54) is 6.07 Å². The second-order valence-corrected chi connectivity index (χ2v) is 6.81. The molecule has 0 aliphatic carbocycles. The molecule has 2 atom stereocenters. The Kier molecular flexibility index (Phi) is 6.23. The van der Waals surface area contributed by atoms with Gasteiger partial charge in [0.15, 0.2) is 0 Å². The average molecular weight is 356 g/mol. The fourth-order valence-corrected chi connectivity index (χ4v) is 3.07. The average Bonchev–Trinajstić information content (AvgIpc) is 2.62. The molecular weight excluding hydrogens is 331 g/mol. The van der Waals surface area contributed by atoms with E-state index in [-0.39, 0.29) is 23.8 Å². The topological polar surface area (TPSA) is 41.6 Å². The normalized spacial score (nSPS) is 17.5. The monoisotopic (exact) mass is 356 g/mol. The molecule has 0 aromatic heterocycles. The van der Waals surface area contributed by atoms with Crippen LogP contribution in [0.25, 0.3) is 0 Å². The van der Waals surface area contributed by atoms with Crippen molar-refractivity contribution in [3.8, 4) is 0 Å². The largest absolute Gasteiger partial charge is 0.376 e. The van der Waals surface area contributed by atoms with Gasteiger partial charge in [-0.1, -0.05) is 55.5 Å². The predicted molar refractivity (Wildman–Crippen MR) is 99.1 cm³/mol. The summed E-state index contributed by atoms with van der Waals surface area (Å²) >= 11 is 0. The molecule has 4 nitrogen and oxygen atoms in total. The number of benzene rings is 2. The number of ether oxygens (including phenoxy) is 1. The van der Waals surface area contributed by atoms with E-state index in [2.05, 4.69) is 5.32 Å². The van der Waals surface area contributed by atoms with Crippen molar-refractivity contribution in [1.82, 2.24) is 10.2 Å². The van der Waals surface area contributed by atoms with Crippen molar-refractivity contribution in [2.45, 2.75) is 26.0 Å². The number of rotatable bonds is 7. The van der Waals surface area contributed by atoms with Crippen LogP contribution in [0.1, 0.15) is 30.5 Å². The third-order valence-electron chi connectivity index (χ3n) is 4.66. The molecular formula is C21H25FN2O2. The lowest BCUT2D eigenvalue weighted by Gasteiger charge is -2.41. The molecule has 2 aromatic rings. The van der Waals surface area contributed by atoms with E-state index < -0.39 is 0 Å². The second-order valence-electron chi connectivity index (χ2n) is 6.81. The lowest BCUT2D eigenvalue weighted by Crippen LogP contribution is -2.51. The van der Waals surface area contributed by atoms with E-state index in [0.717, 1.165) is 12.0 Å². The van der Waals surface area contributed by atoms with Crippen LogP contribution in [0.5, 0.6) is 0 Å². The highest BCUT2D eigenvalue weighted by molar-refractivity contribution is 5.75. The quantitative estimate of drug-likeness (QED) is 0.810. The van der Waals surface area contributed by atoms with E-state index in [0.29, 0.717) is 31.9 Å². The van der Waals surface area contributed by atoms with E-state index in [1.54, 1.807) is 23.1 Å². The van der Waals surface area contributed by atoms with Crippen molar-refractivity contribution in [2.75, 3.05) is 19.7 Å². The fourth-order valence-electron chi connectivity index (χ4n) is 3.07. The van der Waals surface area contributed by atoms with Crippen LogP contribution in [-0.2, 0) is 11.3 Å². The maximum Gasteiger partial charge on any atom is 0.317 e. The van der Waals surface area contributed by atoms with Crippen molar-refractivity contribution in [3.05, 3.63) is 71.5 Å². The summed E-state index contributed by atoms with van der Waals surface area (Å²) in [6, 6.07) is 16.4. The van der Waals surface area contributed by atoms with Crippen LogP contribution in [0, 0.1) is 11.7 Å². The van der Waals surface area contributed by atoms with Gasteiger partial charge in [0.2, 0.25) is 0 Å². The van der Waals surface area contributed by atoms with Gasteiger partial charge in [-0.05, 0) is 24.0 Å². The second kappa shape index (κ2) is 8.81. The van der Waals surface area contributed by atoms with Crippen LogP contribution >= 0.6 is 0 Å². The van der Waals surface area contributed by atoms with Gasteiger partial charge in [-0.3, -0.25) is 0 Å². The SMILES string of the molecule is CC(CNC(=O)N1CCC1c1ccccc1F)COCc1ccccc1. The molecule has 3 rings (SSSR count). The Morgan fingerprint density at radius 1 is 1.23 bits per heavy atom. The highest BCUT2D eigenvalue weighted by Gasteiger charge is 2.34. The third kappa shape index (κ3) is 4.61.